The Morgan fingerprint density at radius 3 is 2.59 bits per heavy atom. The summed E-state index contributed by atoms with van der Waals surface area (Å²) in [6.45, 7) is 0.192. The van der Waals surface area contributed by atoms with Gasteiger partial charge in [0.15, 0.2) is 0 Å². The van der Waals surface area contributed by atoms with Crippen molar-refractivity contribution in [3.05, 3.63) is 65.0 Å². The SMILES string of the molecule is CS(=O)(=O)Nc1ccccc1CNC(=O)CCc1nc(-c2ccc(Cl)cc2)no1. The average Bonchev–Trinajstić information content (AvgIpc) is 3.14. The Kier molecular flexibility index (Phi) is 6.50. The molecule has 152 valence electrons. The zero-order chi connectivity index (χ0) is 20.9. The number of aryl methyl sites for hydroxylation is 1. The summed E-state index contributed by atoms with van der Waals surface area (Å²) in [4.78, 5) is 16.4. The van der Waals surface area contributed by atoms with Crippen molar-refractivity contribution < 1.29 is 17.7 Å². The Morgan fingerprint density at radius 1 is 1.14 bits per heavy atom. The van der Waals surface area contributed by atoms with Crippen LogP contribution in [-0.2, 0) is 27.8 Å². The van der Waals surface area contributed by atoms with E-state index in [1.165, 1.54) is 0 Å². The fourth-order valence-electron chi connectivity index (χ4n) is 2.55. The van der Waals surface area contributed by atoms with E-state index in [0.29, 0.717) is 28.0 Å². The second-order valence-electron chi connectivity index (χ2n) is 6.33. The lowest BCUT2D eigenvalue weighted by Gasteiger charge is -2.11. The molecule has 2 N–H and O–H groups in total. The molecule has 1 amide bonds. The summed E-state index contributed by atoms with van der Waals surface area (Å²) in [5, 5.41) is 7.28. The standard InChI is InChI=1S/C19H19ClN4O4S/c1-29(26,27)24-16-5-3-2-4-14(16)12-21-17(25)10-11-18-22-19(23-28-18)13-6-8-15(20)9-7-13/h2-9,24H,10-12H2,1H3,(H,21,25). The Labute approximate surface area is 173 Å². The van der Waals surface area contributed by atoms with Gasteiger partial charge in [-0.3, -0.25) is 9.52 Å². The van der Waals surface area contributed by atoms with Crippen LogP contribution in [0.4, 0.5) is 5.69 Å². The third-order valence-corrected chi connectivity index (χ3v) is 4.77. The number of hydrogen-bond donors (Lipinski definition) is 2. The first-order valence-corrected chi connectivity index (χ1v) is 11.0. The Hall–Kier alpha value is -2.91. The summed E-state index contributed by atoms with van der Waals surface area (Å²) in [6, 6.07) is 13.9. The average molecular weight is 435 g/mol. The minimum atomic E-state index is -3.41. The summed E-state index contributed by atoms with van der Waals surface area (Å²) < 4.78 is 30.5. The van der Waals surface area contributed by atoms with Gasteiger partial charge in [0.2, 0.25) is 27.6 Å². The molecule has 29 heavy (non-hydrogen) atoms. The van der Waals surface area contributed by atoms with E-state index in [1.807, 2.05) is 0 Å². The molecule has 0 aliphatic carbocycles. The van der Waals surface area contributed by atoms with Crippen molar-refractivity contribution in [1.82, 2.24) is 15.5 Å². The number of benzene rings is 2. The largest absolute Gasteiger partial charge is 0.352 e. The molecule has 0 saturated carbocycles. The van der Waals surface area contributed by atoms with E-state index in [9.17, 15) is 13.2 Å². The van der Waals surface area contributed by atoms with Crippen LogP contribution >= 0.6 is 11.6 Å². The van der Waals surface area contributed by atoms with Crippen LogP contribution in [-0.4, -0.2) is 30.7 Å². The molecule has 0 bridgehead atoms. The number of halogens is 1. The van der Waals surface area contributed by atoms with Gasteiger partial charge < -0.3 is 9.84 Å². The minimum absolute atomic E-state index is 0.157. The molecular weight excluding hydrogens is 416 g/mol. The zero-order valence-electron chi connectivity index (χ0n) is 15.6. The highest BCUT2D eigenvalue weighted by atomic mass is 35.5. The van der Waals surface area contributed by atoms with Gasteiger partial charge in [0.1, 0.15) is 0 Å². The molecule has 3 aromatic rings. The van der Waals surface area contributed by atoms with Crippen LogP contribution in [0.2, 0.25) is 5.02 Å². The molecule has 0 spiro atoms. The molecule has 8 nitrogen and oxygen atoms in total. The number of carbonyl (C=O) groups is 1. The third-order valence-electron chi connectivity index (χ3n) is 3.93. The lowest BCUT2D eigenvalue weighted by Crippen LogP contribution is -2.24. The maximum Gasteiger partial charge on any atom is 0.229 e. The van der Waals surface area contributed by atoms with Crippen LogP contribution in [0.5, 0.6) is 0 Å². The van der Waals surface area contributed by atoms with Crippen molar-refractivity contribution in [2.75, 3.05) is 11.0 Å². The van der Waals surface area contributed by atoms with Crippen molar-refractivity contribution in [1.29, 1.82) is 0 Å². The first-order chi connectivity index (χ1) is 13.8. The van der Waals surface area contributed by atoms with Crippen molar-refractivity contribution >= 4 is 33.2 Å². The monoisotopic (exact) mass is 434 g/mol. The normalized spacial score (nSPS) is 11.2. The maximum atomic E-state index is 12.1. The number of nitrogens with one attached hydrogen (secondary N) is 2. The molecular formula is C19H19ClN4O4S. The van der Waals surface area contributed by atoms with E-state index in [0.717, 1.165) is 11.8 Å². The molecule has 0 saturated heterocycles. The van der Waals surface area contributed by atoms with Crippen LogP contribution in [0.15, 0.2) is 53.1 Å². The van der Waals surface area contributed by atoms with Gasteiger partial charge >= 0.3 is 0 Å². The number of hydrogen-bond acceptors (Lipinski definition) is 6. The maximum absolute atomic E-state index is 12.1. The Balaban J connectivity index is 1.53. The number of para-hydroxylation sites is 1. The lowest BCUT2D eigenvalue weighted by molar-refractivity contribution is -0.121. The Morgan fingerprint density at radius 2 is 1.86 bits per heavy atom. The highest BCUT2D eigenvalue weighted by molar-refractivity contribution is 7.92. The highest BCUT2D eigenvalue weighted by Gasteiger charge is 2.12. The van der Waals surface area contributed by atoms with Gasteiger partial charge in [-0.2, -0.15) is 4.98 Å². The number of nitrogens with zero attached hydrogens (tertiary/aromatic N) is 2. The molecule has 1 aromatic heterocycles. The first-order valence-electron chi connectivity index (χ1n) is 8.71. The third kappa shape index (κ3) is 6.30. The molecule has 0 radical (unpaired) electrons. The van der Waals surface area contributed by atoms with Gasteiger partial charge in [-0.15, -0.1) is 0 Å². The van der Waals surface area contributed by atoms with Crippen LogP contribution in [0, 0.1) is 0 Å². The lowest BCUT2D eigenvalue weighted by atomic mass is 10.2. The van der Waals surface area contributed by atoms with E-state index >= 15 is 0 Å². The van der Waals surface area contributed by atoms with Gasteiger partial charge in [-0.1, -0.05) is 35.0 Å². The number of aromatic nitrogens is 2. The summed E-state index contributed by atoms with van der Waals surface area (Å²) >= 11 is 5.86. The second kappa shape index (κ2) is 9.06. The first kappa shape index (κ1) is 20.8. The van der Waals surface area contributed by atoms with E-state index in [4.69, 9.17) is 16.1 Å². The van der Waals surface area contributed by atoms with Crippen LogP contribution in [0.3, 0.4) is 0 Å². The second-order valence-corrected chi connectivity index (χ2v) is 8.51. The van der Waals surface area contributed by atoms with Gasteiger partial charge in [0, 0.05) is 30.0 Å². The minimum Gasteiger partial charge on any atom is -0.352 e. The van der Waals surface area contributed by atoms with Gasteiger partial charge in [-0.25, -0.2) is 8.42 Å². The van der Waals surface area contributed by atoms with E-state index in [-0.39, 0.29) is 25.3 Å². The molecule has 0 atom stereocenters. The molecule has 10 heteroatoms. The molecule has 0 unspecified atom stereocenters. The van der Waals surface area contributed by atoms with Crippen molar-refractivity contribution in [2.24, 2.45) is 0 Å². The van der Waals surface area contributed by atoms with E-state index < -0.39 is 10.0 Å². The van der Waals surface area contributed by atoms with Gasteiger partial charge in [0.25, 0.3) is 0 Å². The summed E-state index contributed by atoms with van der Waals surface area (Å²) in [5.41, 5.74) is 1.86. The fraction of sp³-hybridized carbons (Fsp3) is 0.211. The number of sulfonamides is 1. The highest BCUT2D eigenvalue weighted by Crippen LogP contribution is 2.19. The van der Waals surface area contributed by atoms with Crippen molar-refractivity contribution in [2.45, 2.75) is 19.4 Å². The van der Waals surface area contributed by atoms with Gasteiger partial charge in [-0.05, 0) is 35.9 Å². The molecule has 0 fully saturated rings. The van der Waals surface area contributed by atoms with Crippen LogP contribution in [0.25, 0.3) is 11.4 Å². The molecule has 2 aromatic carbocycles. The predicted octanol–water partition coefficient (Wildman–Crippen LogP) is 3.01. The van der Waals surface area contributed by atoms with Gasteiger partial charge in [0.05, 0.1) is 11.9 Å². The van der Waals surface area contributed by atoms with Crippen molar-refractivity contribution in [3.63, 3.8) is 0 Å². The molecule has 3 rings (SSSR count). The topological polar surface area (TPSA) is 114 Å². The van der Waals surface area contributed by atoms with E-state index in [2.05, 4.69) is 20.2 Å². The fourth-order valence-corrected chi connectivity index (χ4v) is 3.27. The quantitative estimate of drug-likeness (QED) is 0.563. The predicted molar refractivity (Wildman–Crippen MR) is 110 cm³/mol. The number of carbonyl (C=O) groups excluding carboxylic acids is 1. The number of anilines is 1. The summed E-state index contributed by atoms with van der Waals surface area (Å²) in [6.07, 6.45) is 1.52. The van der Waals surface area contributed by atoms with Crippen molar-refractivity contribution in [3.8, 4) is 11.4 Å². The number of rotatable bonds is 8. The Bertz CT molecular complexity index is 1100. The van der Waals surface area contributed by atoms with E-state index in [1.54, 1.807) is 48.5 Å². The summed E-state index contributed by atoms with van der Waals surface area (Å²) in [7, 11) is -3.41. The summed E-state index contributed by atoms with van der Waals surface area (Å²) in [5.74, 6) is 0.562. The zero-order valence-corrected chi connectivity index (χ0v) is 17.1. The van der Waals surface area contributed by atoms with Crippen LogP contribution in [0.1, 0.15) is 17.9 Å². The molecule has 0 aliphatic heterocycles. The number of amides is 1. The molecule has 0 aliphatic rings. The smallest absolute Gasteiger partial charge is 0.229 e. The van der Waals surface area contributed by atoms with Crippen LogP contribution < -0.4 is 10.0 Å². The molecule has 1 heterocycles.